The van der Waals surface area contributed by atoms with Crippen LogP contribution in [0.5, 0.6) is 0 Å². The van der Waals surface area contributed by atoms with E-state index in [2.05, 4.69) is 10.4 Å². The average Bonchev–Trinajstić information content (AvgIpc) is 3.01. The molecule has 2 amide bonds. The predicted octanol–water partition coefficient (Wildman–Crippen LogP) is 2.09. The summed E-state index contributed by atoms with van der Waals surface area (Å²) in [7, 11) is 0. The van der Waals surface area contributed by atoms with Crippen LogP contribution in [0.2, 0.25) is 0 Å². The molecule has 6 heteroatoms. The number of nitrogens with one attached hydrogen (secondary N) is 1. The van der Waals surface area contributed by atoms with Crippen LogP contribution in [0.15, 0.2) is 35.4 Å². The quantitative estimate of drug-likeness (QED) is 0.879. The lowest BCUT2D eigenvalue weighted by Gasteiger charge is -2.31. The summed E-state index contributed by atoms with van der Waals surface area (Å²) < 4.78 is 5.76. The van der Waals surface area contributed by atoms with E-state index in [1.165, 1.54) is 5.01 Å². The summed E-state index contributed by atoms with van der Waals surface area (Å²) in [5.41, 5.74) is 1.40. The highest BCUT2D eigenvalue weighted by atomic mass is 16.5. The largest absolute Gasteiger partial charge is 0.373 e. The van der Waals surface area contributed by atoms with Gasteiger partial charge in [0.25, 0.3) is 0 Å². The number of ether oxygens (including phenoxy) is 1. The summed E-state index contributed by atoms with van der Waals surface area (Å²) in [5.74, 6) is 0.234. The third-order valence-electron chi connectivity index (χ3n) is 5.95. The van der Waals surface area contributed by atoms with E-state index in [1.807, 2.05) is 44.2 Å². The number of carbonyl (C=O) groups excluding carboxylic acids is 2. The Morgan fingerprint density at radius 2 is 2.04 bits per heavy atom. The Hall–Kier alpha value is -2.21. The molecule has 3 aliphatic rings. The highest BCUT2D eigenvalue weighted by molar-refractivity contribution is 6.02. The number of rotatable bonds is 5. The van der Waals surface area contributed by atoms with Crippen LogP contribution < -0.4 is 5.32 Å². The summed E-state index contributed by atoms with van der Waals surface area (Å²) in [6, 6.07) is 9.88. The van der Waals surface area contributed by atoms with Crippen LogP contribution in [-0.2, 0) is 14.3 Å². The van der Waals surface area contributed by atoms with E-state index in [0.29, 0.717) is 19.1 Å². The molecular weight excluding hydrogens is 330 g/mol. The Labute approximate surface area is 153 Å². The SMILES string of the molecule is CC1(C)OCC2CC21NC(=O)CCC(=O)N1CCC(c2ccccc2)=N1. The molecule has 4 rings (SSSR count). The van der Waals surface area contributed by atoms with Gasteiger partial charge in [0.2, 0.25) is 11.8 Å². The predicted molar refractivity (Wildman–Crippen MR) is 97.6 cm³/mol. The molecule has 1 aliphatic carbocycles. The summed E-state index contributed by atoms with van der Waals surface area (Å²) in [6.07, 6.45) is 2.09. The van der Waals surface area contributed by atoms with Crippen molar-refractivity contribution < 1.29 is 14.3 Å². The first-order valence-electron chi connectivity index (χ1n) is 9.29. The first-order valence-corrected chi connectivity index (χ1v) is 9.29. The lowest BCUT2D eigenvalue weighted by molar-refractivity contribution is -0.133. The fraction of sp³-hybridized carbons (Fsp3) is 0.550. The van der Waals surface area contributed by atoms with Gasteiger partial charge in [-0.05, 0) is 25.8 Å². The van der Waals surface area contributed by atoms with Crippen molar-refractivity contribution in [2.45, 2.75) is 50.7 Å². The number of benzene rings is 1. The average molecular weight is 355 g/mol. The minimum absolute atomic E-state index is 0.0779. The van der Waals surface area contributed by atoms with Gasteiger partial charge in [0.15, 0.2) is 0 Å². The zero-order valence-corrected chi connectivity index (χ0v) is 15.3. The molecule has 2 heterocycles. The van der Waals surface area contributed by atoms with Crippen molar-refractivity contribution in [2.24, 2.45) is 11.0 Å². The molecule has 2 unspecified atom stereocenters. The van der Waals surface area contributed by atoms with Gasteiger partial charge in [-0.3, -0.25) is 9.59 Å². The maximum atomic E-state index is 12.4. The van der Waals surface area contributed by atoms with E-state index in [9.17, 15) is 9.59 Å². The fourth-order valence-corrected chi connectivity index (χ4v) is 4.14. The molecule has 1 aromatic carbocycles. The zero-order chi connectivity index (χ0) is 18.4. The number of nitrogens with zero attached hydrogens (tertiary/aromatic N) is 2. The molecule has 138 valence electrons. The molecule has 0 spiro atoms. The van der Waals surface area contributed by atoms with Crippen molar-refractivity contribution in [2.75, 3.05) is 13.2 Å². The van der Waals surface area contributed by atoms with Crippen LogP contribution >= 0.6 is 0 Å². The second-order valence-electron chi connectivity index (χ2n) is 7.92. The molecule has 26 heavy (non-hydrogen) atoms. The third kappa shape index (κ3) is 2.92. The van der Waals surface area contributed by atoms with Gasteiger partial charge in [-0.15, -0.1) is 0 Å². The molecule has 0 radical (unpaired) electrons. The summed E-state index contributed by atoms with van der Waals surface area (Å²) in [4.78, 5) is 24.7. The first kappa shape index (κ1) is 17.2. The van der Waals surface area contributed by atoms with E-state index in [-0.39, 0.29) is 35.8 Å². The van der Waals surface area contributed by atoms with E-state index in [1.54, 1.807) is 0 Å². The van der Waals surface area contributed by atoms with Crippen LogP contribution in [0.25, 0.3) is 0 Å². The second-order valence-corrected chi connectivity index (χ2v) is 7.92. The standard InChI is InChI=1S/C20H25N3O3/c1-19(2)20(12-15(20)13-26-19)21-17(24)8-9-18(25)23-11-10-16(22-23)14-6-4-3-5-7-14/h3-7,15H,8-13H2,1-2H3,(H,21,24). The number of hydrogen-bond donors (Lipinski definition) is 1. The lowest BCUT2D eigenvalue weighted by atomic mass is 9.95. The van der Waals surface area contributed by atoms with E-state index in [0.717, 1.165) is 24.1 Å². The van der Waals surface area contributed by atoms with Crippen molar-refractivity contribution in [3.05, 3.63) is 35.9 Å². The van der Waals surface area contributed by atoms with Gasteiger partial charge in [-0.1, -0.05) is 30.3 Å². The Morgan fingerprint density at radius 3 is 2.69 bits per heavy atom. The van der Waals surface area contributed by atoms with Gasteiger partial charge in [0, 0.05) is 25.2 Å². The third-order valence-corrected chi connectivity index (χ3v) is 5.95. The highest BCUT2D eigenvalue weighted by Crippen LogP contribution is 2.57. The Morgan fingerprint density at radius 1 is 1.27 bits per heavy atom. The molecule has 1 saturated heterocycles. The van der Waals surface area contributed by atoms with Crippen LogP contribution in [0.1, 0.15) is 45.1 Å². The monoisotopic (exact) mass is 355 g/mol. The first-order chi connectivity index (χ1) is 12.4. The molecule has 6 nitrogen and oxygen atoms in total. The van der Waals surface area contributed by atoms with Gasteiger partial charge in [-0.2, -0.15) is 5.10 Å². The molecule has 0 bridgehead atoms. The maximum Gasteiger partial charge on any atom is 0.243 e. The molecule has 2 atom stereocenters. The molecule has 1 aromatic rings. The maximum absolute atomic E-state index is 12.4. The molecule has 2 aliphatic heterocycles. The topological polar surface area (TPSA) is 71.0 Å². The smallest absolute Gasteiger partial charge is 0.243 e. The number of hydrogen-bond acceptors (Lipinski definition) is 4. The van der Waals surface area contributed by atoms with Crippen LogP contribution in [0, 0.1) is 5.92 Å². The summed E-state index contributed by atoms with van der Waals surface area (Å²) in [5, 5.41) is 9.06. The van der Waals surface area contributed by atoms with Crippen LogP contribution in [0.4, 0.5) is 0 Å². The normalized spacial score (nSPS) is 28.5. The van der Waals surface area contributed by atoms with Gasteiger partial charge in [-0.25, -0.2) is 5.01 Å². The zero-order valence-electron chi connectivity index (χ0n) is 15.3. The van der Waals surface area contributed by atoms with Crippen molar-refractivity contribution in [3.8, 4) is 0 Å². The number of hydrazone groups is 1. The van der Waals surface area contributed by atoms with Gasteiger partial charge in [0.1, 0.15) is 0 Å². The van der Waals surface area contributed by atoms with Crippen LogP contribution in [-0.4, -0.2) is 46.8 Å². The number of carbonyl (C=O) groups is 2. The fourth-order valence-electron chi connectivity index (χ4n) is 4.14. The van der Waals surface area contributed by atoms with Crippen molar-refractivity contribution >= 4 is 17.5 Å². The molecular formula is C20H25N3O3. The molecule has 0 aromatic heterocycles. The van der Waals surface area contributed by atoms with E-state index >= 15 is 0 Å². The van der Waals surface area contributed by atoms with E-state index < -0.39 is 0 Å². The van der Waals surface area contributed by atoms with Crippen LogP contribution in [0.3, 0.4) is 0 Å². The number of fused-ring (bicyclic) bond motifs is 1. The Kier molecular flexibility index (Phi) is 4.10. The van der Waals surface area contributed by atoms with Crippen molar-refractivity contribution in [1.29, 1.82) is 0 Å². The van der Waals surface area contributed by atoms with Crippen molar-refractivity contribution in [1.82, 2.24) is 10.3 Å². The van der Waals surface area contributed by atoms with Gasteiger partial charge < -0.3 is 10.1 Å². The minimum Gasteiger partial charge on any atom is -0.373 e. The van der Waals surface area contributed by atoms with E-state index in [4.69, 9.17) is 4.74 Å². The minimum atomic E-state index is -0.332. The van der Waals surface area contributed by atoms with Gasteiger partial charge in [0.05, 0.1) is 30.0 Å². The molecule has 1 N–H and O–H groups in total. The van der Waals surface area contributed by atoms with Gasteiger partial charge >= 0.3 is 0 Å². The Bertz CT molecular complexity index is 759. The molecule has 1 saturated carbocycles. The summed E-state index contributed by atoms with van der Waals surface area (Å²) in [6.45, 7) is 5.33. The number of amides is 2. The Balaban J connectivity index is 1.30. The highest BCUT2D eigenvalue weighted by Gasteiger charge is 2.69. The second kappa shape index (κ2) is 6.20. The summed E-state index contributed by atoms with van der Waals surface area (Å²) >= 11 is 0. The molecule has 2 fully saturated rings. The lowest BCUT2D eigenvalue weighted by Crippen LogP contribution is -2.51. The van der Waals surface area contributed by atoms with Crippen molar-refractivity contribution in [3.63, 3.8) is 0 Å².